The Morgan fingerprint density at radius 3 is 2.90 bits per heavy atom. The highest BCUT2D eigenvalue weighted by Gasteiger charge is 2.20. The highest BCUT2D eigenvalue weighted by atomic mass is 16.5. The van der Waals surface area contributed by atoms with Gasteiger partial charge in [-0.1, -0.05) is 12.1 Å². The lowest BCUT2D eigenvalue weighted by Gasteiger charge is -2.02. The number of aromatic amines is 1. The van der Waals surface area contributed by atoms with Crippen LogP contribution in [-0.2, 0) is 4.74 Å². The smallest absolute Gasteiger partial charge is 0.343 e. The second-order valence-corrected chi connectivity index (χ2v) is 4.41. The Morgan fingerprint density at radius 1 is 1.40 bits per heavy atom. The quantitative estimate of drug-likeness (QED) is 0.719. The third-order valence-corrected chi connectivity index (χ3v) is 3.15. The molecule has 0 bridgehead atoms. The second-order valence-electron chi connectivity index (χ2n) is 4.41. The maximum absolute atomic E-state index is 12.1. The average Bonchev–Trinajstić information content (AvgIpc) is 2.76. The van der Waals surface area contributed by atoms with Crippen molar-refractivity contribution in [3.8, 4) is 0 Å². The number of fused-ring (bicyclic) bond motifs is 3. The number of carbonyl (C=O) groups excluding carboxylic acids is 1. The maximum atomic E-state index is 12.1. The van der Waals surface area contributed by atoms with E-state index in [1.54, 1.807) is 36.6 Å². The molecule has 6 nitrogen and oxygen atoms in total. The highest BCUT2D eigenvalue weighted by Crippen LogP contribution is 2.18. The number of carbonyl (C=O) groups is 1. The summed E-state index contributed by atoms with van der Waals surface area (Å²) >= 11 is 0. The van der Waals surface area contributed by atoms with E-state index in [4.69, 9.17) is 4.74 Å². The standard InChI is InChI=1S/C14H13N3O3/c1-3-20-14(19)11-8(2)16-17-10-7-5-4-6-9(10)13(18)15-12(11)17/h4-7H,3H2,1-2H3,(H,15,18). The van der Waals surface area contributed by atoms with Crippen LogP contribution in [0.1, 0.15) is 23.0 Å². The molecule has 0 saturated carbocycles. The summed E-state index contributed by atoms with van der Waals surface area (Å²) in [4.78, 5) is 26.8. The summed E-state index contributed by atoms with van der Waals surface area (Å²) in [7, 11) is 0. The van der Waals surface area contributed by atoms with Crippen LogP contribution in [0.5, 0.6) is 0 Å². The highest BCUT2D eigenvalue weighted by molar-refractivity contribution is 5.98. The summed E-state index contributed by atoms with van der Waals surface area (Å²) in [6, 6.07) is 7.11. The zero-order valence-corrected chi connectivity index (χ0v) is 11.1. The number of benzene rings is 1. The average molecular weight is 271 g/mol. The van der Waals surface area contributed by atoms with Crippen LogP contribution in [0, 0.1) is 6.92 Å². The molecule has 20 heavy (non-hydrogen) atoms. The van der Waals surface area contributed by atoms with Crippen LogP contribution < -0.4 is 5.56 Å². The van der Waals surface area contributed by atoms with Gasteiger partial charge in [0, 0.05) is 0 Å². The van der Waals surface area contributed by atoms with Crippen LogP contribution >= 0.6 is 0 Å². The summed E-state index contributed by atoms with van der Waals surface area (Å²) in [5.41, 5.74) is 1.60. The zero-order chi connectivity index (χ0) is 14.3. The van der Waals surface area contributed by atoms with Crippen molar-refractivity contribution >= 4 is 22.5 Å². The van der Waals surface area contributed by atoms with Gasteiger partial charge >= 0.3 is 5.97 Å². The minimum atomic E-state index is -0.481. The van der Waals surface area contributed by atoms with Crippen LogP contribution in [0.25, 0.3) is 16.6 Å². The summed E-state index contributed by atoms with van der Waals surface area (Å²) in [5.74, 6) is -0.481. The Balaban J connectivity index is 2.43. The predicted molar refractivity (Wildman–Crippen MR) is 74.0 cm³/mol. The molecular weight excluding hydrogens is 258 g/mol. The molecular formula is C14H13N3O3. The molecule has 3 aromatic rings. The van der Waals surface area contributed by atoms with Crippen LogP contribution in [0.15, 0.2) is 29.1 Å². The van der Waals surface area contributed by atoms with Gasteiger partial charge in [0.1, 0.15) is 5.56 Å². The first-order valence-corrected chi connectivity index (χ1v) is 6.31. The van der Waals surface area contributed by atoms with Gasteiger partial charge in [-0.2, -0.15) is 5.10 Å². The first-order valence-electron chi connectivity index (χ1n) is 6.31. The minimum Gasteiger partial charge on any atom is -0.462 e. The van der Waals surface area contributed by atoms with Gasteiger partial charge in [0.15, 0.2) is 5.65 Å². The molecule has 1 N–H and O–H groups in total. The first-order chi connectivity index (χ1) is 9.63. The third kappa shape index (κ3) is 1.69. The summed E-state index contributed by atoms with van der Waals surface area (Å²) in [6.07, 6.45) is 0. The van der Waals surface area contributed by atoms with E-state index in [9.17, 15) is 9.59 Å². The van der Waals surface area contributed by atoms with Gasteiger partial charge in [-0.05, 0) is 26.0 Å². The first kappa shape index (κ1) is 12.4. The summed E-state index contributed by atoms with van der Waals surface area (Å²) in [5, 5.41) is 4.86. The molecule has 0 aliphatic rings. The van der Waals surface area contributed by atoms with Gasteiger partial charge in [0.25, 0.3) is 5.56 Å². The number of aromatic nitrogens is 3. The van der Waals surface area contributed by atoms with Gasteiger partial charge in [0.05, 0.1) is 23.2 Å². The van der Waals surface area contributed by atoms with Gasteiger partial charge in [-0.15, -0.1) is 0 Å². The number of ether oxygens (including phenoxy) is 1. The number of para-hydroxylation sites is 1. The molecule has 0 aliphatic carbocycles. The Labute approximate surface area is 114 Å². The fourth-order valence-corrected chi connectivity index (χ4v) is 2.29. The molecule has 0 saturated heterocycles. The number of hydrogen-bond acceptors (Lipinski definition) is 4. The molecule has 0 unspecified atom stereocenters. The van der Waals surface area contributed by atoms with Gasteiger partial charge in [-0.25, -0.2) is 9.31 Å². The van der Waals surface area contributed by atoms with E-state index in [0.29, 0.717) is 27.8 Å². The molecule has 3 rings (SSSR count). The lowest BCUT2D eigenvalue weighted by molar-refractivity contribution is 0.0527. The Morgan fingerprint density at radius 2 is 2.15 bits per heavy atom. The molecule has 0 amide bonds. The van der Waals surface area contributed by atoms with E-state index in [-0.39, 0.29) is 12.2 Å². The minimum absolute atomic E-state index is 0.251. The number of H-pyrrole nitrogens is 1. The molecule has 0 spiro atoms. The number of nitrogens with one attached hydrogen (secondary N) is 1. The molecule has 102 valence electrons. The SMILES string of the molecule is CCOC(=O)c1c(C)nn2c1[nH]c(=O)c1ccccc12. The number of rotatable bonds is 2. The van der Waals surface area contributed by atoms with Crippen molar-refractivity contribution in [2.45, 2.75) is 13.8 Å². The fraction of sp³-hybridized carbons (Fsp3) is 0.214. The van der Waals surface area contributed by atoms with Gasteiger partial charge in [-0.3, -0.25) is 4.79 Å². The van der Waals surface area contributed by atoms with Crippen molar-refractivity contribution in [1.29, 1.82) is 0 Å². The fourth-order valence-electron chi connectivity index (χ4n) is 2.29. The van der Waals surface area contributed by atoms with Crippen LogP contribution in [0.4, 0.5) is 0 Å². The Bertz CT molecular complexity index is 876. The monoisotopic (exact) mass is 271 g/mol. The third-order valence-electron chi connectivity index (χ3n) is 3.15. The molecule has 0 fully saturated rings. The van der Waals surface area contributed by atoms with E-state index in [1.165, 1.54) is 0 Å². The lowest BCUT2D eigenvalue weighted by Crippen LogP contribution is -2.12. The number of nitrogens with zero attached hydrogens (tertiary/aromatic N) is 2. The molecule has 6 heteroatoms. The van der Waals surface area contributed by atoms with Crippen molar-refractivity contribution < 1.29 is 9.53 Å². The van der Waals surface area contributed by atoms with E-state index in [1.807, 2.05) is 6.07 Å². The molecule has 2 heterocycles. The van der Waals surface area contributed by atoms with Crippen molar-refractivity contribution in [3.05, 3.63) is 45.9 Å². The van der Waals surface area contributed by atoms with Crippen LogP contribution in [0.3, 0.4) is 0 Å². The van der Waals surface area contributed by atoms with E-state index in [0.717, 1.165) is 0 Å². The maximum Gasteiger partial charge on any atom is 0.343 e. The van der Waals surface area contributed by atoms with E-state index >= 15 is 0 Å². The van der Waals surface area contributed by atoms with E-state index < -0.39 is 5.97 Å². The van der Waals surface area contributed by atoms with Crippen LogP contribution in [0.2, 0.25) is 0 Å². The molecule has 1 aromatic carbocycles. The lowest BCUT2D eigenvalue weighted by atomic mass is 10.2. The predicted octanol–water partition coefficient (Wildman–Crippen LogP) is 1.66. The van der Waals surface area contributed by atoms with E-state index in [2.05, 4.69) is 10.1 Å². The van der Waals surface area contributed by atoms with Crippen LogP contribution in [-0.4, -0.2) is 27.2 Å². The van der Waals surface area contributed by atoms with Crippen molar-refractivity contribution in [2.24, 2.45) is 0 Å². The van der Waals surface area contributed by atoms with Gasteiger partial charge in [0.2, 0.25) is 0 Å². The Hall–Kier alpha value is -2.63. The van der Waals surface area contributed by atoms with Crippen molar-refractivity contribution in [3.63, 3.8) is 0 Å². The van der Waals surface area contributed by atoms with Crippen molar-refractivity contribution in [2.75, 3.05) is 6.61 Å². The number of hydrogen-bond donors (Lipinski definition) is 1. The molecule has 0 radical (unpaired) electrons. The molecule has 0 atom stereocenters. The zero-order valence-electron chi connectivity index (χ0n) is 11.1. The number of esters is 1. The topological polar surface area (TPSA) is 76.5 Å². The summed E-state index contributed by atoms with van der Waals surface area (Å²) < 4.78 is 6.58. The molecule has 2 aromatic heterocycles. The number of aryl methyl sites for hydroxylation is 1. The normalized spacial score (nSPS) is 11.1. The molecule has 0 aliphatic heterocycles. The second kappa shape index (κ2) is 4.48. The van der Waals surface area contributed by atoms with Gasteiger partial charge < -0.3 is 9.72 Å². The Kier molecular flexibility index (Phi) is 2.78. The summed E-state index contributed by atoms with van der Waals surface area (Å²) in [6.45, 7) is 3.72. The largest absolute Gasteiger partial charge is 0.462 e. The van der Waals surface area contributed by atoms with Crippen molar-refractivity contribution in [1.82, 2.24) is 14.6 Å².